The van der Waals surface area contributed by atoms with E-state index in [-0.39, 0.29) is 11.4 Å². The summed E-state index contributed by atoms with van der Waals surface area (Å²) in [4.78, 5) is 11.6. The molecular weight excluding hydrogens is 250 g/mol. The van der Waals surface area contributed by atoms with Gasteiger partial charge in [0.05, 0.1) is 13.0 Å². The standard InChI is InChI=1S/C14H20ClNO2/c1-11-5-4-6-12(9-11)18-8-7-13(17)16-14(2,3)10-15/h4-6,9H,7-8,10H2,1-3H3,(H,16,17). The first kappa shape index (κ1) is 14.8. The molecule has 1 aromatic rings. The Morgan fingerprint density at radius 2 is 2.17 bits per heavy atom. The van der Waals surface area contributed by atoms with Crippen LogP contribution >= 0.6 is 11.6 Å². The summed E-state index contributed by atoms with van der Waals surface area (Å²) in [6.45, 7) is 6.15. The first-order chi connectivity index (χ1) is 8.43. The maximum Gasteiger partial charge on any atom is 0.223 e. The summed E-state index contributed by atoms with van der Waals surface area (Å²) < 4.78 is 5.51. The van der Waals surface area contributed by atoms with Crippen molar-refractivity contribution in [2.24, 2.45) is 0 Å². The Bertz CT molecular complexity index is 405. The largest absolute Gasteiger partial charge is 0.493 e. The van der Waals surface area contributed by atoms with Crippen LogP contribution in [0.3, 0.4) is 0 Å². The minimum absolute atomic E-state index is 0.0479. The van der Waals surface area contributed by atoms with Crippen LogP contribution in [0.4, 0.5) is 0 Å². The summed E-state index contributed by atoms with van der Waals surface area (Å²) in [5.41, 5.74) is 0.766. The molecular formula is C14H20ClNO2. The smallest absolute Gasteiger partial charge is 0.223 e. The van der Waals surface area contributed by atoms with Crippen molar-refractivity contribution in [2.45, 2.75) is 32.7 Å². The molecule has 0 fully saturated rings. The van der Waals surface area contributed by atoms with Gasteiger partial charge in [-0.25, -0.2) is 0 Å². The number of carbonyl (C=O) groups excluding carboxylic acids is 1. The van der Waals surface area contributed by atoms with Gasteiger partial charge in [-0.15, -0.1) is 11.6 Å². The number of benzene rings is 1. The van der Waals surface area contributed by atoms with E-state index in [0.29, 0.717) is 18.9 Å². The number of ether oxygens (including phenoxy) is 1. The maximum absolute atomic E-state index is 11.6. The lowest BCUT2D eigenvalue weighted by Gasteiger charge is -2.23. The minimum Gasteiger partial charge on any atom is -0.493 e. The molecule has 100 valence electrons. The quantitative estimate of drug-likeness (QED) is 0.807. The third-order valence-electron chi connectivity index (χ3n) is 2.40. The van der Waals surface area contributed by atoms with Gasteiger partial charge >= 0.3 is 0 Å². The van der Waals surface area contributed by atoms with Gasteiger partial charge in [0, 0.05) is 11.4 Å². The second-order valence-electron chi connectivity index (χ2n) is 4.98. The Labute approximate surface area is 113 Å². The van der Waals surface area contributed by atoms with Crippen LogP contribution in [-0.4, -0.2) is 23.9 Å². The van der Waals surface area contributed by atoms with Gasteiger partial charge in [0.15, 0.2) is 0 Å². The predicted molar refractivity (Wildman–Crippen MR) is 74.2 cm³/mol. The Balaban J connectivity index is 2.32. The Morgan fingerprint density at radius 3 is 2.78 bits per heavy atom. The zero-order valence-corrected chi connectivity index (χ0v) is 11.9. The van der Waals surface area contributed by atoms with Crippen LogP contribution in [0.5, 0.6) is 5.75 Å². The molecule has 0 radical (unpaired) electrons. The molecule has 0 bridgehead atoms. The number of aryl methyl sites for hydroxylation is 1. The Kier molecular flexibility index (Phi) is 5.48. The highest BCUT2D eigenvalue weighted by Gasteiger charge is 2.18. The summed E-state index contributed by atoms with van der Waals surface area (Å²) in [7, 11) is 0. The van der Waals surface area contributed by atoms with E-state index in [9.17, 15) is 4.79 Å². The zero-order valence-electron chi connectivity index (χ0n) is 11.1. The lowest BCUT2D eigenvalue weighted by atomic mass is 10.1. The van der Waals surface area contributed by atoms with Crippen molar-refractivity contribution in [3.8, 4) is 5.75 Å². The van der Waals surface area contributed by atoms with Crippen LogP contribution in [-0.2, 0) is 4.79 Å². The summed E-state index contributed by atoms with van der Waals surface area (Å²) in [6.07, 6.45) is 0.328. The van der Waals surface area contributed by atoms with Crippen LogP contribution in [0.15, 0.2) is 24.3 Å². The van der Waals surface area contributed by atoms with E-state index in [1.54, 1.807) is 0 Å². The third kappa shape index (κ3) is 5.41. The molecule has 0 aliphatic rings. The molecule has 0 atom stereocenters. The summed E-state index contributed by atoms with van der Waals surface area (Å²) >= 11 is 5.74. The molecule has 0 spiro atoms. The second-order valence-corrected chi connectivity index (χ2v) is 5.25. The highest BCUT2D eigenvalue weighted by atomic mass is 35.5. The van der Waals surface area contributed by atoms with Crippen molar-refractivity contribution in [1.29, 1.82) is 0 Å². The van der Waals surface area contributed by atoms with Gasteiger partial charge < -0.3 is 10.1 Å². The van der Waals surface area contributed by atoms with Crippen LogP contribution in [0, 0.1) is 6.92 Å². The van der Waals surface area contributed by atoms with Crippen LogP contribution in [0.1, 0.15) is 25.8 Å². The van der Waals surface area contributed by atoms with E-state index >= 15 is 0 Å². The average molecular weight is 270 g/mol. The molecule has 0 aliphatic carbocycles. The number of nitrogens with one attached hydrogen (secondary N) is 1. The number of halogens is 1. The summed E-state index contributed by atoms with van der Waals surface area (Å²) in [6, 6.07) is 7.76. The topological polar surface area (TPSA) is 38.3 Å². The van der Waals surface area contributed by atoms with Crippen molar-refractivity contribution >= 4 is 17.5 Å². The van der Waals surface area contributed by atoms with Crippen LogP contribution in [0.25, 0.3) is 0 Å². The normalized spacial score (nSPS) is 11.1. The number of rotatable bonds is 6. The lowest BCUT2D eigenvalue weighted by molar-refractivity contribution is -0.122. The molecule has 0 saturated heterocycles. The van der Waals surface area contributed by atoms with Gasteiger partial charge in [0.25, 0.3) is 0 Å². The SMILES string of the molecule is Cc1cccc(OCCC(=O)NC(C)(C)CCl)c1. The highest BCUT2D eigenvalue weighted by Crippen LogP contribution is 2.12. The van der Waals surface area contributed by atoms with E-state index in [1.165, 1.54) is 0 Å². The van der Waals surface area contributed by atoms with E-state index < -0.39 is 0 Å². The van der Waals surface area contributed by atoms with Crippen LogP contribution in [0.2, 0.25) is 0 Å². The molecule has 0 aliphatic heterocycles. The van der Waals surface area contributed by atoms with Gasteiger partial charge in [-0.3, -0.25) is 4.79 Å². The fraction of sp³-hybridized carbons (Fsp3) is 0.500. The maximum atomic E-state index is 11.6. The molecule has 4 heteroatoms. The zero-order chi connectivity index (χ0) is 13.6. The van der Waals surface area contributed by atoms with E-state index in [0.717, 1.165) is 11.3 Å². The molecule has 1 N–H and O–H groups in total. The van der Waals surface area contributed by atoms with Crippen molar-refractivity contribution in [3.63, 3.8) is 0 Å². The molecule has 18 heavy (non-hydrogen) atoms. The minimum atomic E-state index is -0.373. The number of alkyl halides is 1. The van der Waals surface area contributed by atoms with Crippen molar-refractivity contribution in [2.75, 3.05) is 12.5 Å². The number of amides is 1. The molecule has 1 rings (SSSR count). The molecule has 0 unspecified atom stereocenters. The van der Waals surface area contributed by atoms with E-state index in [1.807, 2.05) is 45.0 Å². The first-order valence-electron chi connectivity index (χ1n) is 5.99. The molecule has 0 heterocycles. The predicted octanol–water partition coefficient (Wildman–Crippen LogP) is 2.90. The fourth-order valence-corrected chi connectivity index (χ4v) is 1.51. The molecule has 3 nitrogen and oxygen atoms in total. The molecule has 0 aromatic heterocycles. The van der Waals surface area contributed by atoms with E-state index in [4.69, 9.17) is 16.3 Å². The lowest BCUT2D eigenvalue weighted by Crippen LogP contribution is -2.45. The Morgan fingerprint density at radius 1 is 1.44 bits per heavy atom. The second kappa shape index (κ2) is 6.64. The van der Waals surface area contributed by atoms with Gasteiger partial charge in [-0.2, -0.15) is 0 Å². The fourth-order valence-electron chi connectivity index (χ4n) is 1.44. The number of hydrogen-bond donors (Lipinski definition) is 1. The molecule has 1 aromatic carbocycles. The van der Waals surface area contributed by atoms with Crippen molar-refractivity contribution in [1.82, 2.24) is 5.32 Å². The van der Waals surface area contributed by atoms with Crippen LogP contribution < -0.4 is 10.1 Å². The third-order valence-corrected chi connectivity index (χ3v) is 3.07. The average Bonchev–Trinajstić information content (AvgIpc) is 2.28. The van der Waals surface area contributed by atoms with Gasteiger partial charge in [0.1, 0.15) is 5.75 Å². The highest BCUT2D eigenvalue weighted by molar-refractivity contribution is 6.18. The molecule has 1 amide bonds. The van der Waals surface area contributed by atoms with Gasteiger partial charge in [-0.05, 0) is 38.5 Å². The van der Waals surface area contributed by atoms with Gasteiger partial charge in [-0.1, -0.05) is 12.1 Å². The van der Waals surface area contributed by atoms with Crippen molar-refractivity contribution < 1.29 is 9.53 Å². The summed E-state index contributed by atoms with van der Waals surface area (Å²) in [5, 5.41) is 2.85. The monoisotopic (exact) mass is 269 g/mol. The Hall–Kier alpha value is -1.22. The van der Waals surface area contributed by atoms with Crippen molar-refractivity contribution in [3.05, 3.63) is 29.8 Å². The summed E-state index contributed by atoms with van der Waals surface area (Å²) in [5.74, 6) is 1.13. The number of hydrogen-bond acceptors (Lipinski definition) is 2. The number of carbonyl (C=O) groups is 1. The van der Waals surface area contributed by atoms with Gasteiger partial charge in [0.2, 0.25) is 5.91 Å². The first-order valence-corrected chi connectivity index (χ1v) is 6.53. The van der Waals surface area contributed by atoms with E-state index in [2.05, 4.69) is 5.32 Å². The molecule has 0 saturated carbocycles.